The molecule has 0 aliphatic carbocycles. The van der Waals surface area contributed by atoms with Gasteiger partial charge < -0.3 is 16.4 Å². The van der Waals surface area contributed by atoms with Gasteiger partial charge in [0.2, 0.25) is 11.8 Å². The fraction of sp³-hybridized carbons (Fsp3) is 0.250. The molecule has 2 aromatic carbocycles. The van der Waals surface area contributed by atoms with Crippen LogP contribution in [0.25, 0.3) is 0 Å². The third kappa shape index (κ3) is 5.10. The molecule has 1 aliphatic heterocycles. The summed E-state index contributed by atoms with van der Waals surface area (Å²) in [6.07, 6.45) is 0.720. The summed E-state index contributed by atoms with van der Waals surface area (Å²) in [5.41, 5.74) is 7.19. The van der Waals surface area contributed by atoms with E-state index >= 15 is 0 Å². The molecule has 8 heteroatoms. The molecule has 0 fully saturated rings. The predicted molar refractivity (Wildman–Crippen MR) is 106 cm³/mol. The number of hydrogen-bond acceptors (Lipinski definition) is 4. The van der Waals surface area contributed by atoms with Gasteiger partial charge >= 0.3 is 0 Å². The topological polar surface area (TPSA) is 101 Å². The van der Waals surface area contributed by atoms with E-state index in [2.05, 4.69) is 10.6 Å². The van der Waals surface area contributed by atoms with Gasteiger partial charge in [0.1, 0.15) is 5.82 Å². The Labute approximate surface area is 166 Å². The molecule has 0 radical (unpaired) electrons. The normalized spacial score (nSPS) is 14.4. The number of nitrogens with two attached hydrogens (primary N) is 1. The number of primary amides is 1. The van der Waals surface area contributed by atoms with Crippen LogP contribution in [0.4, 0.5) is 10.1 Å². The van der Waals surface area contributed by atoms with Gasteiger partial charge in [0.25, 0.3) is 5.91 Å². The van der Waals surface area contributed by atoms with E-state index in [-0.39, 0.29) is 24.2 Å². The fourth-order valence-corrected chi connectivity index (χ4v) is 3.79. The molecule has 1 aliphatic rings. The molecule has 3 amide bonds. The maximum Gasteiger partial charge on any atom is 0.251 e. The van der Waals surface area contributed by atoms with Crippen molar-refractivity contribution in [3.05, 3.63) is 59.4 Å². The summed E-state index contributed by atoms with van der Waals surface area (Å²) < 4.78 is 13.0. The Morgan fingerprint density at radius 3 is 2.68 bits per heavy atom. The van der Waals surface area contributed by atoms with E-state index in [1.165, 1.54) is 12.1 Å². The summed E-state index contributed by atoms with van der Waals surface area (Å²) in [6.45, 7) is 0.0593. The van der Waals surface area contributed by atoms with Gasteiger partial charge in [-0.05, 0) is 42.3 Å². The van der Waals surface area contributed by atoms with Gasteiger partial charge in [-0.3, -0.25) is 14.4 Å². The second-order valence-corrected chi connectivity index (χ2v) is 7.63. The van der Waals surface area contributed by atoms with Crippen molar-refractivity contribution in [2.75, 3.05) is 17.6 Å². The number of anilines is 1. The molecule has 1 unspecified atom stereocenters. The van der Waals surface area contributed by atoms with Crippen LogP contribution in [0.3, 0.4) is 0 Å². The SMILES string of the molecule is NC(=O)C(CNC(=O)c1ccc2c(c1)NC(=O)CCS2)Cc1ccc(F)cc1. The number of halogens is 1. The molecule has 6 nitrogen and oxygen atoms in total. The maximum atomic E-state index is 13.0. The van der Waals surface area contributed by atoms with Crippen molar-refractivity contribution < 1.29 is 18.8 Å². The first-order valence-corrected chi connectivity index (χ1v) is 9.79. The molecule has 0 spiro atoms. The van der Waals surface area contributed by atoms with Gasteiger partial charge in [-0.2, -0.15) is 0 Å². The number of thioether (sulfide) groups is 1. The van der Waals surface area contributed by atoms with E-state index < -0.39 is 11.8 Å². The van der Waals surface area contributed by atoms with Gasteiger partial charge in [-0.1, -0.05) is 12.1 Å². The summed E-state index contributed by atoms with van der Waals surface area (Å²) in [5, 5.41) is 5.51. The molecule has 4 N–H and O–H groups in total. The van der Waals surface area contributed by atoms with Crippen LogP contribution in [0.1, 0.15) is 22.3 Å². The van der Waals surface area contributed by atoms with Crippen LogP contribution in [0, 0.1) is 11.7 Å². The van der Waals surface area contributed by atoms with E-state index in [4.69, 9.17) is 5.73 Å². The van der Waals surface area contributed by atoms with Gasteiger partial charge in [-0.25, -0.2) is 4.39 Å². The van der Waals surface area contributed by atoms with Crippen LogP contribution < -0.4 is 16.4 Å². The Hall–Kier alpha value is -2.87. The largest absolute Gasteiger partial charge is 0.369 e. The molecule has 2 aromatic rings. The second kappa shape index (κ2) is 8.88. The minimum Gasteiger partial charge on any atom is -0.369 e. The van der Waals surface area contributed by atoms with Crippen LogP contribution in [-0.2, 0) is 16.0 Å². The minimum atomic E-state index is -0.620. The van der Waals surface area contributed by atoms with Crippen molar-refractivity contribution in [3.8, 4) is 0 Å². The zero-order valence-corrected chi connectivity index (χ0v) is 15.9. The minimum absolute atomic E-state index is 0.0593. The molecule has 0 saturated heterocycles. The second-order valence-electron chi connectivity index (χ2n) is 6.50. The quantitative estimate of drug-likeness (QED) is 0.691. The highest BCUT2D eigenvalue weighted by molar-refractivity contribution is 7.99. The number of rotatable bonds is 6. The van der Waals surface area contributed by atoms with E-state index in [1.54, 1.807) is 42.1 Å². The molecule has 0 aromatic heterocycles. The fourth-order valence-electron chi connectivity index (χ4n) is 2.86. The van der Waals surface area contributed by atoms with E-state index in [0.717, 1.165) is 10.5 Å². The summed E-state index contributed by atoms with van der Waals surface area (Å²) >= 11 is 1.56. The van der Waals surface area contributed by atoms with Crippen molar-refractivity contribution in [2.45, 2.75) is 17.7 Å². The van der Waals surface area contributed by atoms with Gasteiger partial charge in [-0.15, -0.1) is 11.8 Å². The van der Waals surface area contributed by atoms with Crippen LogP contribution in [0.2, 0.25) is 0 Å². The first kappa shape index (κ1) is 19.9. The van der Waals surface area contributed by atoms with Gasteiger partial charge in [0.05, 0.1) is 11.6 Å². The molecular formula is C20H20FN3O3S. The van der Waals surface area contributed by atoms with Crippen molar-refractivity contribution >= 4 is 35.2 Å². The number of fused-ring (bicyclic) bond motifs is 1. The standard InChI is InChI=1S/C20H20FN3O3S/c21-15-4-1-12(2-5-15)9-14(19(22)26)11-23-20(27)13-3-6-17-16(10-13)24-18(25)7-8-28-17/h1-6,10,14H,7-9,11H2,(H2,22,26)(H,23,27)(H,24,25). The summed E-state index contributed by atoms with van der Waals surface area (Å²) in [6, 6.07) is 10.9. The molecule has 28 heavy (non-hydrogen) atoms. The van der Waals surface area contributed by atoms with E-state index in [1.807, 2.05) is 0 Å². The molecule has 3 rings (SSSR count). The zero-order valence-electron chi connectivity index (χ0n) is 15.0. The van der Waals surface area contributed by atoms with Crippen molar-refractivity contribution in [1.29, 1.82) is 0 Å². The monoisotopic (exact) mass is 401 g/mol. The highest BCUT2D eigenvalue weighted by Gasteiger charge is 2.19. The number of carbonyl (C=O) groups is 3. The molecule has 1 heterocycles. The summed E-state index contributed by atoms with van der Waals surface area (Å²) in [5.74, 6) is -1.29. The highest BCUT2D eigenvalue weighted by atomic mass is 32.2. The van der Waals surface area contributed by atoms with Crippen molar-refractivity contribution in [1.82, 2.24) is 5.32 Å². The first-order valence-electron chi connectivity index (χ1n) is 8.81. The Morgan fingerprint density at radius 1 is 1.21 bits per heavy atom. The molecule has 146 valence electrons. The van der Waals surface area contributed by atoms with E-state index in [9.17, 15) is 18.8 Å². The lowest BCUT2D eigenvalue weighted by atomic mass is 9.98. The highest BCUT2D eigenvalue weighted by Crippen LogP contribution is 2.31. The molecule has 0 bridgehead atoms. The number of amides is 3. The predicted octanol–water partition coefficient (Wildman–Crippen LogP) is 2.33. The van der Waals surface area contributed by atoms with Gasteiger partial charge in [0, 0.05) is 29.2 Å². The zero-order chi connectivity index (χ0) is 20.1. The van der Waals surface area contributed by atoms with E-state index in [0.29, 0.717) is 29.8 Å². The Bertz CT molecular complexity index is 902. The molecule has 1 atom stereocenters. The first-order chi connectivity index (χ1) is 13.4. The third-order valence-corrected chi connectivity index (χ3v) is 5.48. The average Bonchev–Trinajstić information content (AvgIpc) is 2.85. The molecular weight excluding hydrogens is 381 g/mol. The van der Waals surface area contributed by atoms with Crippen LogP contribution >= 0.6 is 11.8 Å². The number of hydrogen-bond donors (Lipinski definition) is 3. The molecule has 0 saturated carbocycles. The van der Waals surface area contributed by atoms with Crippen LogP contribution in [-0.4, -0.2) is 30.0 Å². The van der Waals surface area contributed by atoms with Crippen molar-refractivity contribution in [3.63, 3.8) is 0 Å². The lowest BCUT2D eigenvalue weighted by molar-refractivity contribution is -0.121. The Morgan fingerprint density at radius 2 is 1.96 bits per heavy atom. The van der Waals surface area contributed by atoms with Gasteiger partial charge in [0.15, 0.2) is 0 Å². The summed E-state index contributed by atoms with van der Waals surface area (Å²) in [4.78, 5) is 36.8. The van der Waals surface area contributed by atoms with Crippen molar-refractivity contribution in [2.24, 2.45) is 11.7 Å². The lowest BCUT2D eigenvalue weighted by Crippen LogP contribution is -2.37. The summed E-state index contributed by atoms with van der Waals surface area (Å²) in [7, 11) is 0. The third-order valence-electron chi connectivity index (χ3n) is 4.41. The van der Waals surface area contributed by atoms with Crippen LogP contribution in [0.15, 0.2) is 47.4 Å². The maximum absolute atomic E-state index is 13.0. The average molecular weight is 401 g/mol. The van der Waals surface area contributed by atoms with Crippen LogP contribution in [0.5, 0.6) is 0 Å². The smallest absolute Gasteiger partial charge is 0.251 e. The lowest BCUT2D eigenvalue weighted by Gasteiger charge is -2.15. The Kier molecular flexibility index (Phi) is 6.30. The number of carbonyl (C=O) groups excluding carboxylic acids is 3. The number of benzene rings is 2. The number of nitrogens with one attached hydrogen (secondary N) is 2. The Balaban J connectivity index is 1.65.